The van der Waals surface area contributed by atoms with E-state index in [0.29, 0.717) is 5.92 Å². The molecule has 2 aliphatic carbocycles. The number of hydrogen-bond donors (Lipinski definition) is 1. The normalized spacial score (nSPS) is 27.4. The summed E-state index contributed by atoms with van der Waals surface area (Å²) < 4.78 is 2.89. The van der Waals surface area contributed by atoms with Gasteiger partial charge in [-0.25, -0.2) is 0 Å². The Labute approximate surface area is 134 Å². The molecule has 0 spiro atoms. The molecule has 1 N–H and O–H groups in total. The average Bonchev–Trinajstić information content (AvgIpc) is 3.14. The second-order valence-corrected chi connectivity index (χ2v) is 7.27. The maximum Gasteiger partial charge on any atom is 0.199 e. The Balaban J connectivity index is 1.80. The van der Waals surface area contributed by atoms with Crippen molar-refractivity contribution in [2.75, 3.05) is 6.26 Å². The van der Waals surface area contributed by atoms with Crippen molar-refractivity contribution < 1.29 is 0 Å². The molecule has 0 bridgehead atoms. The Morgan fingerprint density at radius 1 is 1.24 bits per heavy atom. The van der Waals surface area contributed by atoms with Crippen molar-refractivity contribution in [1.29, 1.82) is 0 Å². The SMILES string of the molecule is CSc1ccccc1-n1c(C2C3CCCCC32)n[nH]c1=S. The quantitative estimate of drug-likeness (QED) is 0.666. The first-order valence-electron chi connectivity index (χ1n) is 7.62. The summed E-state index contributed by atoms with van der Waals surface area (Å²) in [7, 11) is 0. The number of para-hydroxylation sites is 1. The molecule has 1 heterocycles. The minimum atomic E-state index is 0.607. The molecule has 2 fully saturated rings. The van der Waals surface area contributed by atoms with Gasteiger partial charge in [0.05, 0.1) is 5.69 Å². The number of H-pyrrole nitrogens is 1. The van der Waals surface area contributed by atoms with Gasteiger partial charge in [-0.3, -0.25) is 9.67 Å². The van der Waals surface area contributed by atoms with Crippen molar-refractivity contribution >= 4 is 24.0 Å². The van der Waals surface area contributed by atoms with Gasteiger partial charge in [0.1, 0.15) is 5.82 Å². The molecule has 2 saturated carbocycles. The summed E-state index contributed by atoms with van der Waals surface area (Å²) in [5.41, 5.74) is 1.17. The lowest BCUT2D eigenvalue weighted by atomic mass is 10.0. The fraction of sp³-hybridized carbons (Fsp3) is 0.500. The number of nitrogens with zero attached hydrogens (tertiary/aromatic N) is 2. The first-order valence-corrected chi connectivity index (χ1v) is 9.25. The van der Waals surface area contributed by atoms with Crippen LogP contribution < -0.4 is 0 Å². The fourth-order valence-electron chi connectivity index (χ4n) is 3.96. The van der Waals surface area contributed by atoms with Gasteiger partial charge in [0.25, 0.3) is 0 Å². The monoisotopic (exact) mass is 317 g/mol. The summed E-state index contributed by atoms with van der Waals surface area (Å²) in [4.78, 5) is 1.25. The van der Waals surface area contributed by atoms with Crippen molar-refractivity contribution in [3.63, 3.8) is 0 Å². The van der Waals surface area contributed by atoms with E-state index in [4.69, 9.17) is 12.2 Å². The van der Waals surface area contributed by atoms with Crippen LogP contribution in [-0.2, 0) is 0 Å². The molecule has 4 rings (SSSR count). The highest BCUT2D eigenvalue weighted by atomic mass is 32.2. The van der Waals surface area contributed by atoms with Crippen LogP contribution in [0.3, 0.4) is 0 Å². The van der Waals surface area contributed by atoms with E-state index < -0.39 is 0 Å². The molecule has 3 nitrogen and oxygen atoms in total. The lowest BCUT2D eigenvalue weighted by molar-refractivity contribution is 0.480. The Morgan fingerprint density at radius 2 is 1.95 bits per heavy atom. The number of fused-ring (bicyclic) bond motifs is 1. The molecule has 110 valence electrons. The van der Waals surface area contributed by atoms with Gasteiger partial charge in [-0.15, -0.1) is 11.8 Å². The molecule has 2 atom stereocenters. The maximum atomic E-state index is 5.51. The first kappa shape index (κ1) is 13.6. The number of benzene rings is 1. The summed E-state index contributed by atoms with van der Waals surface area (Å²) in [5, 5.41) is 7.61. The van der Waals surface area contributed by atoms with E-state index in [0.717, 1.165) is 22.4 Å². The lowest BCUT2D eigenvalue weighted by Crippen LogP contribution is -2.03. The number of aromatic nitrogens is 3. The summed E-state index contributed by atoms with van der Waals surface area (Å²) >= 11 is 7.27. The second kappa shape index (κ2) is 5.29. The molecular weight excluding hydrogens is 298 g/mol. The predicted octanol–water partition coefficient (Wildman–Crippen LogP) is 4.56. The van der Waals surface area contributed by atoms with Crippen LogP contribution in [0.4, 0.5) is 0 Å². The third kappa shape index (κ3) is 2.18. The number of rotatable bonds is 3. The van der Waals surface area contributed by atoms with E-state index in [9.17, 15) is 0 Å². The molecule has 21 heavy (non-hydrogen) atoms. The highest BCUT2D eigenvalue weighted by Gasteiger charge is 2.53. The molecule has 0 saturated heterocycles. The number of aromatic amines is 1. The van der Waals surface area contributed by atoms with Crippen LogP contribution in [0.25, 0.3) is 5.69 Å². The van der Waals surface area contributed by atoms with Gasteiger partial charge >= 0.3 is 0 Å². The van der Waals surface area contributed by atoms with Crippen LogP contribution in [0.5, 0.6) is 0 Å². The van der Waals surface area contributed by atoms with E-state index >= 15 is 0 Å². The van der Waals surface area contributed by atoms with E-state index in [1.54, 1.807) is 11.8 Å². The number of thioether (sulfide) groups is 1. The van der Waals surface area contributed by atoms with Gasteiger partial charge in [0.15, 0.2) is 4.77 Å². The lowest BCUT2D eigenvalue weighted by Gasteiger charge is -2.10. The zero-order valence-corrected chi connectivity index (χ0v) is 13.7. The molecule has 0 amide bonds. The highest BCUT2D eigenvalue weighted by molar-refractivity contribution is 7.98. The molecule has 0 radical (unpaired) electrons. The van der Waals surface area contributed by atoms with Crippen LogP contribution in [0.2, 0.25) is 0 Å². The van der Waals surface area contributed by atoms with E-state index in [-0.39, 0.29) is 0 Å². The van der Waals surface area contributed by atoms with Crippen molar-refractivity contribution in [2.24, 2.45) is 11.8 Å². The zero-order valence-electron chi connectivity index (χ0n) is 12.1. The fourth-order valence-corrected chi connectivity index (χ4v) is 4.78. The smallest absolute Gasteiger partial charge is 0.199 e. The summed E-state index contributed by atoms with van der Waals surface area (Å²) in [5.74, 6) is 3.43. The van der Waals surface area contributed by atoms with Crippen molar-refractivity contribution in [3.8, 4) is 5.69 Å². The molecule has 0 aliphatic heterocycles. The van der Waals surface area contributed by atoms with Gasteiger partial charge < -0.3 is 0 Å². The van der Waals surface area contributed by atoms with Crippen LogP contribution in [0, 0.1) is 16.6 Å². The molecule has 2 aromatic rings. The molecule has 2 aliphatic rings. The minimum Gasteiger partial charge on any atom is -0.271 e. The van der Waals surface area contributed by atoms with E-state index in [1.807, 2.05) is 0 Å². The van der Waals surface area contributed by atoms with Crippen LogP contribution >= 0.6 is 24.0 Å². The number of hydrogen-bond acceptors (Lipinski definition) is 3. The van der Waals surface area contributed by atoms with Gasteiger partial charge in [0, 0.05) is 10.8 Å². The Hall–Kier alpha value is -1.07. The van der Waals surface area contributed by atoms with Crippen LogP contribution in [0.15, 0.2) is 29.2 Å². The highest BCUT2D eigenvalue weighted by Crippen LogP contribution is 2.60. The average molecular weight is 317 g/mol. The van der Waals surface area contributed by atoms with Crippen LogP contribution in [-0.4, -0.2) is 21.0 Å². The van der Waals surface area contributed by atoms with Crippen molar-refractivity contribution in [3.05, 3.63) is 34.9 Å². The molecule has 2 unspecified atom stereocenters. The summed E-state index contributed by atoms with van der Waals surface area (Å²) in [6, 6.07) is 8.45. The molecule has 5 heteroatoms. The Bertz CT molecular complexity index is 706. The summed E-state index contributed by atoms with van der Waals surface area (Å²) in [6.07, 6.45) is 7.59. The van der Waals surface area contributed by atoms with Crippen LogP contribution in [0.1, 0.15) is 37.4 Å². The van der Waals surface area contributed by atoms with Gasteiger partial charge in [-0.05, 0) is 55.3 Å². The van der Waals surface area contributed by atoms with E-state index in [1.165, 1.54) is 36.3 Å². The number of nitrogens with one attached hydrogen (secondary N) is 1. The van der Waals surface area contributed by atoms with Gasteiger partial charge in [-0.1, -0.05) is 25.0 Å². The largest absolute Gasteiger partial charge is 0.271 e. The van der Waals surface area contributed by atoms with Gasteiger partial charge in [0.2, 0.25) is 0 Å². The first-order chi connectivity index (χ1) is 10.3. The van der Waals surface area contributed by atoms with Crippen molar-refractivity contribution in [1.82, 2.24) is 14.8 Å². The topological polar surface area (TPSA) is 33.6 Å². The molecule has 1 aromatic carbocycles. The third-order valence-corrected chi connectivity index (χ3v) is 6.04. The Morgan fingerprint density at radius 3 is 2.67 bits per heavy atom. The second-order valence-electron chi connectivity index (χ2n) is 6.03. The molecule has 1 aromatic heterocycles. The minimum absolute atomic E-state index is 0.607. The van der Waals surface area contributed by atoms with Gasteiger partial charge in [-0.2, -0.15) is 5.10 Å². The zero-order chi connectivity index (χ0) is 14.4. The summed E-state index contributed by atoms with van der Waals surface area (Å²) in [6.45, 7) is 0. The predicted molar refractivity (Wildman–Crippen MR) is 88.7 cm³/mol. The molecular formula is C16H19N3S2. The maximum absolute atomic E-state index is 5.51. The third-order valence-electron chi connectivity index (χ3n) is 4.98. The Kier molecular flexibility index (Phi) is 3.42. The van der Waals surface area contributed by atoms with E-state index in [2.05, 4.69) is 45.3 Å². The standard InChI is InChI=1S/C16H19N3S2/c1-21-13-9-5-4-8-12(13)19-15(17-18-16(19)20)14-10-6-2-3-7-11(10)14/h4-5,8-11,14H,2-3,6-7H2,1H3,(H,18,20). The van der Waals surface area contributed by atoms with Crippen molar-refractivity contribution in [2.45, 2.75) is 36.5 Å².